The highest BCUT2D eigenvalue weighted by Gasteiger charge is 2.12. The SMILES string of the molecule is COc1ccc(Cl)c2c(Cl)c(I)cnc12. The molecule has 1 aromatic carbocycles. The molecule has 2 rings (SSSR count). The van der Waals surface area contributed by atoms with Gasteiger partial charge in [0.05, 0.1) is 20.7 Å². The van der Waals surface area contributed by atoms with Gasteiger partial charge in [0.1, 0.15) is 11.3 Å². The van der Waals surface area contributed by atoms with Gasteiger partial charge in [-0.1, -0.05) is 23.2 Å². The molecule has 0 aliphatic heterocycles. The van der Waals surface area contributed by atoms with Crippen molar-refractivity contribution in [1.29, 1.82) is 0 Å². The fourth-order valence-corrected chi connectivity index (χ4v) is 2.29. The monoisotopic (exact) mass is 353 g/mol. The van der Waals surface area contributed by atoms with Crippen LogP contribution in [0.3, 0.4) is 0 Å². The summed E-state index contributed by atoms with van der Waals surface area (Å²) >= 11 is 14.4. The van der Waals surface area contributed by atoms with Gasteiger partial charge in [0.2, 0.25) is 0 Å². The molecule has 0 saturated heterocycles. The largest absolute Gasteiger partial charge is 0.494 e. The second-order valence-corrected chi connectivity index (χ2v) is 4.84. The van der Waals surface area contributed by atoms with Crippen molar-refractivity contribution in [2.24, 2.45) is 0 Å². The maximum Gasteiger partial charge on any atom is 0.145 e. The van der Waals surface area contributed by atoms with Crippen molar-refractivity contribution in [2.75, 3.05) is 7.11 Å². The van der Waals surface area contributed by atoms with Gasteiger partial charge in [0.25, 0.3) is 0 Å². The molecule has 2 nitrogen and oxygen atoms in total. The van der Waals surface area contributed by atoms with Gasteiger partial charge in [-0.05, 0) is 34.7 Å². The maximum absolute atomic E-state index is 6.17. The van der Waals surface area contributed by atoms with Crippen LogP contribution in [-0.4, -0.2) is 12.1 Å². The van der Waals surface area contributed by atoms with Gasteiger partial charge in [0, 0.05) is 11.6 Å². The Balaban J connectivity index is 2.93. The second-order valence-electron chi connectivity index (χ2n) is 2.89. The van der Waals surface area contributed by atoms with E-state index in [0.29, 0.717) is 21.3 Å². The van der Waals surface area contributed by atoms with Crippen LogP contribution in [0, 0.1) is 3.57 Å². The normalized spacial score (nSPS) is 10.7. The topological polar surface area (TPSA) is 22.1 Å². The van der Waals surface area contributed by atoms with Gasteiger partial charge in [0.15, 0.2) is 0 Å². The number of halogens is 3. The molecule has 0 bridgehead atoms. The van der Waals surface area contributed by atoms with Gasteiger partial charge in [-0.2, -0.15) is 0 Å². The van der Waals surface area contributed by atoms with E-state index in [1.165, 1.54) is 0 Å². The Morgan fingerprint density at radius 2 is 2.07 bits per heavy atom. The molecule has 5 heteroatoms. The lowest BCUT2D eigenvalue weighted by Crippen LogP contribution is -1.90. The van der Waals surface area contributed by atoms with E-state index < -0.39 is 0 Å². The third-order valence-electron chi connectivity index (χ3n) is 2.05. The van der Waals surface area contributed by atoms with Crippen LogP contribution >= 0.6 is 45.8 Å². The Bertz CT molecular complexity index is 530. The summed E-state index contributed by atoms with van der Waals surface area (Å²) in [6.07, 6.45) is 1.70. The van der Waals surface area contributed by atoms with Crippen LogP contribution in [0.25, 0.3) is 10.9 Å². The summed E-state index contributed by atoms with van der Waals surface area (Å²) in [6, 6.07) is 3.53. The van der Waals surface area contributed by atoms with Crippen LogP contribution in [0.15, 0.2) is 18.3 Å². The molecule has 0 fully saturated rings. The number of fused-ring (bicyclic) bond motifs is 1. The lowest BCUT2D eigenvalue weighted by Gasteiger charge is -2.08. The number of rotatable bonds is 1. The third kappa shape index (κ3) is 1.88. The minimum Gasteiger partial charge on any atom is -0.494 e. The zero-order valence-corrected chi connectivity index (χ0v) is 11.4. The Morgan fingerprint density at radius 1 is 1.33 bits per heavy atom. The molecule has 0 aliphatic carbocycles. The third-order valence-corrected chi connectivity index (χ3v) is 3.89. The highest BCUT2D eigenvalue weighted by atomic mass is 127. The summed E-state index contributed by atoms with van der Waals surface area (Å²) < 4.78 is 6.07. The van der Waals surface area contributed by atoms with Crippen molar-refractivity contribution in [2.45, 2.75) is 0 Å². The molecule has 0 amide bonds. The highest BCUT2D eigenvalue weighted by Crippen LogP contribution is 2.36. The molecule has 0 unspecified atom stereocenters. The van der Waals surface area contributed by atoms with Gasteiger partial charge in [-0.3, -0.25) is 4.98 Å². The molecule has 0 N–H and O–H groups in total. The molecule has 2 aromatic rings. The predicted molar refractivity (Wildman–Crippen MR) is 71.0 cm³/mol. The predicted octanol–water partition coefficient (Wildman–Crippen LogP) is 4.15. The van der Waals surface area contributed by atoms with Crippen molar-refractivity contribution in [3.63, 3.8) is 0 Å². The van der Waals surface area contributed by atoms with E-state index in [4.69, 9.17) is 27.9 Å². The number of ether oxygens (including phenoxy) is 1. The van der Waals surface area contributed by atoms with Gasteiger partial charge < -0.3 is 4.74 Å². The summed E-state index contributed by atoms with van der Waals surface area (Å²) in [5, 5.41) is 1.94. The second kappa shape index (κ2) is 4.31. The smallest absolute Gasteiger partial charge is 0.145 e. The standard InChI is InChI=1S/C10H6Cl2INO/c1-15-7-3-2-5(11)8-9(12)6(13)4-14-10(7)8/h2-4H,1H3. The van der Waals surface area contributed by atoms with E-state index in [-0.39, 0.29) is 0 Å². The van der Waals surface area contributed by atoms with E-state index in [1.54, 1.807) is 25.4 Å². The number of nitrogens with zero attached hydrogens (tertiary/aromatic N) is 1. The van der Waals surface area contributed by atoms with Gasteiger partial charge in [-0.25, -0.2) is 0 Å². The first-order valence-electron chi connectivity index (χ1n) is 4.11. The van der Waals surface area contributed by atoms with Crippen molar-refractivity contribution in [3.05, 3.63) is 31.9 Å². The van der Waals surface area contributed by atoms with E-state index in [1.807, 2.05) is 0 Å². The molecule has 0 aliphatic rings. The van der Waals surface area contributed by atoms with Crippen molar-refractivity contribution < 1.29 is 4.74 Å². The van der Waals surface area contributed by atoms with Crippen molar-refractivity contribution in [3.8, 4) is 5.75 Å². The minimum atomic E-state index is 0.585. The van der Waals surface area contributed by atoms with E-state index in [0.717, 1.165) is 8.96 Å². The summed E-state index contributed by atoms with van der Waals surface area (Å²) in [4.78, 5) is 4.27. The first-order chi connectivity index (χ1) is 7.15. The Hall–Kier alpha value is -0.260. The van der Waals surface area contributed by atoms with Crippen molar-refractivity contribution in [1.82, 2.24) is 4.98 Å². The number of pyridine rings is 1. The Morgan fingerprint density at radius 3 is 2.73 bits per heavy atom. The first-order valence-corrected chi connectivity index (χ1v) is 5.95. The van der Waals surface area contributed by atoms with Gasteiger partial charge in [-0.15, -0.1) is 0 Å². The van der Waals surface area contributed by atoms with E-state index >= 15 is 0 Å². The number of aromatic nitrogens is 1. The summed E-state index contributed by atoms with van der Waals surface area (Å²) in [6.45, 7) is 0. The number of hydrogen-bond acceptors (Lipinski definition) is 2. The quantitative estimate of drug-likeness (QED) is 0.718. The summed E-state index contributed by atoms with van der Waals surface area (Å²) in [5.74, 6) is 0.674. The Kier molecular flexibility index (Phi) is 3.23. The molecule has 0 atom stereocenters. The molecule has 0 saturated carbocycles. The number of hydrogen-bond donors (Lipinski definition) is 0. The van der Waals surface area contributed by atoms with Crippen LogP contribution in [0.4, 0.5) is 0 Å². The minimum absolute atomic E-state index is 0.585. The molecule has 1 heterocycles. The average molecular weight is 354 g/mol. The fourth-order valence-electron chi connectivity index (χ4n) is 1.35. The zero-order valence-electron chi connectivity index (χ0n) is 7.72. The molecule has 15 heavy (non-hydrogen) atoms. The number of benzene rings is 1. The molecule has 0 radical (unpaired) electrons. The maximum atomic E-state index is 6.17. The Labute approximate surface area is 111 Å². The molecular formula is C10H6Cl2INO. The van der Waals surface area contributed by atoms with E-state index in [2.05, 4.69) is 27.6 Å². The molecule has 1 aromatic heterocycles. The lowest BCUT2D eigenvalue weighted by atomic mass is 10.2. The highest BCUT2D eigenvalue weighted by molar-refractivity contribution is 14.1. The van der Waals surface area contributed by atoms with Crippen LogP contribution in [0.1, 0.15) is 0 Å². The lowest BCUT2D eigenvalue weighted by molar-refractivity contribution is 0.419. The van der Waals surface area contributed by atoms with Gasteiger partial charge >= 0.3 is 0 Å². The molecular weight excluding hydrogens is 348 g/mol. The van der Waals surface area contributed by atoms with Crippen molar-refractivity contribution >= 4 is 56.7 Å². The van der Waals surface area contributed by atoms with Crippen LogP contribution in [-0.2, 0) is 0 Å². The van der Waals surface area contributed by atoms with E-state index in [9.17, 15) is 0 Å². The average Bonchev–Trinajstić information content (AvgIpc) is 2.24. The number of methoxy groups -OCH3 is 1. The van der Waals surface area contributed by atoms with Crippen LogP contribution in [0.2, 0.25) is 10.0 Å². The zero-order chi connectivity index (χ0) is 11.0. The fraction of sp³-hybridized carbons (Fsp3) is 0.100. The van der Waals surface area contributed by atoms with Crippen LogP contribution in [0.5, 0.6) is 5.75 Å². The summed E-state index contributed by atoms with van der Waals surface area (Å²) in [7, 11) is 1.59. The molecule has 0 spiro atoms. The molecule has 78 valence electrons. The summed E-state index contributed by atoms with van der Waals surface area (Å²) in [5.41, 5.74) is 0.690. The van der Waals surface area contributed by atoms with Crippen LogP contribution < -0.4 is 4.74 Å². The first kappa shape index (κ1) is 11.2.